The zero-order valence-corrected chi connectivity index (χ0v) is 13.8. The Labute approximate surface area is 133 Å². The molecule has 2 aromatic rings. The molecule has 0 saturated heterocycles. The third-order valence-corrected chi connectivity index (χ3v) is 4.93. The lowest BCUT2D eigenvalue weighted by atomic mass is 9.82. The van der Waals surface area contributed by atoms with Crippen molar-refractivity contribution >= 4 is 21.6 Å². The molecule has 1 heterocycles. The van der Waals surface area contributed by atoms with E-state index in [1.807, 2.05) is 22.9 Å². The monoisotopic (exact) mass is 349 g/mol. The molecular weight excluding hydrogens is 330 g/mol. The molecule has 2 N–H and O–H groups in total. The van der Waals surface area contributed by atoms with Gasteiger partial charge in [-0.25, -0.2) is 4.68 Å². The van der Waals surface area contributed by atoms with Crippen LogP contribution in [0.5, 0.6) is 0 Å². The molecule has 3 rings (SSSR count). The van der Waals surface area contributed by atoms with E-state index in [0.29, 0.717) is 11.6 Å². The van der Waals surface area contributed by atoms with Crippen LogP contribution in [0, 0.1) is 11.8 Å². The highest BCUT2D eigenvalue weighted by molar-refractivity contribution is 9.10. The Kier molecular flexibility index (Phi) is 4.24. The average molecular weight is 350 g/mol. The van der Waals surface area contributed by atoms with Crippen LogP contribution in [-0.2, 0) is 6.54 Å². The number of benzene rings is 1. The van der Waals surface area contributed by atoms with Crippen LogP contribution in [0.25, 0.3) is 11.4 Å². The minimum absolute atomic E-state index is 0.663. The van der Waals surface area contributed by atoms with Crippen molar-refractivity contribution in [1.29, 1.82) is 0 Å². The highest BCUT2D eigenvalue weighted by Crippen LogP contribution is 2.32. The fraction of sp³-hybridized carbons (Fsp3) is 0.533. The van der Waals surface area contributed by atoms with Gasteiger partial charge in [0.25, 0.3) is 0 Å². The summed E-state index contributed by atoms with van der Waals surface area (Å²) in [5.41, 5.74) is 7.55. The van der Waals surface area contributed by atoms with Gasteiger partial charge in [0.1, 0.15) is 0 Å². The molecule has 1 fully saturated rings. The first-order valence-electron chi connectivity index (χ1n) is 7.45. The molecular formula is C15H20BrN5. The second-order valence-corrected chi connectivity index (χ2v) is 6.92. The Hall–Kier alpha value is -1.43. The molecule has 2 atom stereocenters. The van der Waals surface area contributed by atoms with Crippen LogP contribution in [0.4, 0.5) is 5.69 Å². The lowest BCUT2D eigenvalue weighted by Crippen LogP contribution is -2.19. The first kappa shape index (κ1) is 14.5. The second kappa shape index (κ2) is 6.13. The minimum Gasteiger partial charge on any atom is -0.399 e. The first-order valence-corrected chi connectivity index (χ1v) is 8.24. The molecule has 0 bridgehead atoms. The van der Waals surface area contributed by atoms with Gasteiger partial charge in [0.05, 0.1) is 0 Å². The average Bonchev–Trinajstić information content (AvgIpc) is 2.89. The number of nitrogens with two attached hydrogens (primary N) is 1. The van der Waals surface area contributed by atoms with Gasteiger partial charge in [-0.15, -0.1) is 5.10 Å². The van der Waals surface area contributed by atoms with Crippen LogP contribution in [0.3, 0.4) is 0 Å². The van der Waals surface area contributed by atoms with Gasteiger partial charge in [0.2, 0.25) is 0 Å². The molecule has 2 unspecified atom stereocenters. The molecule has 1 saturated carbocycles. The standard InChI is InChI=1S/C15H20BrN5/c1-10-3-2-4-11(7-10)9-21-15(18-19-20-21)13-8-12(17)5-6-14(13)16/h5-6,8,10-11H,2-4,7,9,17H2,1H3. The number of hydrogen-bond acceptors (Lipinski definition) is 4. The molecule has 0 amide bonds. The van der Waals surface area contributed by atoms with Crippen molar-refractivity contribution < 1.29 is 0 Å². The molecule has 1 aromatic carbocycles. The van der Waals surface area contributed by atoms with Crippen molar-refractivity contribution in [3.8, 4) is 11.4 Å². The fourth-order valence-electron chi connectivity index (χ4n) is 3.20. The number of nitrogens with zero attached hydrogens (tertiary/aromatic N) is 4. The number of rotatable bonds is 3. The van der Waals surface area contributed by atoms with Gasteiger partial charge in [0.15, 0.2) is 5.82 Å². The molecule has 0 aliphatic heterocycles. The summed E-state index contributed by atoms with van der Waals surface area (Å²) in [5, 5.41) is 12.2. The number of halogens is 1. The normalized spacial score (nSPS) is 22.4. The SMILES string of the molecule is CC1CCCC(Cn2nnnc2-c2cc(N)ccc2Br)C1. The van der Waals surface area contributed by atoms with Crippen LogP contribution in [0.1, 0.15) is 32.6 Å². The van der Waals surface area contributed by atoms with Crippen LogP contribution in [0.2, 0.25) is 0 Å². The van der Waals surface area contributed by atoms with Crippen molar-refractivity contribution in [1.82, 2.24) is 20.2 Å². The van der Waals surface area contributed by atoms with Crippen molar-refractivity contribution in [2.24, 2.45) is 11.8 Å². The number of tetrazole rings is 1. The molecule has 112 valence electrons. The van der Waals surface area contributed by atoms with Gasteiger partial charge in [0, 0.05) is 22.3 Å². The van der Waals surface area contributed by atoms with E-state index in [2.05, 4.69) is 38.4 Å². The summed E-state index contributed by atoms with van der Waals surface area (Å²) in [7, 11) is 0. The summed E-state index contributed by atoms with van der Waals surface area (Å²) in [6.45, 7) is 3.22. The number of anilines is 1. The fourth-order valence-corrected chi connectivity index (χ4v) is 3.63. The Morgan fingerprint density at radius 1 is 1.38 bits per heavy atom. The Morgan fingerprint density at radius 2 is 2.24 bits per heavy atom. The number of nitrogen functional groups attached to an aromatic ring is 1. The molecule has 1 aromatic heterocycles. The number of hydrogen-bond donors (Lipinski definition) is 1. The summed E-state index contributed by atoms with van der Waals surface area (Å²) in [6.07, 6.45) is 5.18. The van der Waals surface area contributed by atoms with E-state index in [-0.39, 0.29) is 0 Å². The topological polar surface area (TPSA) is 69.6 Å². The summed E-state index contributed by atoms with van der Waals surface area (Å²) in [6, 6.07) is 5.71. The molecule has 6 heteroatoms. The molecule has 5 nitrogen and oxygen atoms in total. The van der Waals surface area contributed by atoms with E-state index in [1.165, 1.54) is 25.7 Å². The van der Waals surface area contributed by atoms with Gasteiger partial charge < -0.3 is 5.73 Å². The van der Waals surface area contributed by atoms with E-state index in [1.54, 1.807) is 0 Å². The molecule has 1 aliphatic carbocycles. The summed E-state index contributed by atoms with van der Waals surface area (Å²) < 4.78 is 2.88. The highest BCUT2D eigenvalue weighted by atomic mass is 79.9. The largest absolute Gasteiger partial charge is 0.399 e. The maximum atomic E-state index is 5.89. The zero-order chi connectivity index (χ0) is 14.8. The molecule has 0 spiro atoms. The molecule has 1 aliphatic rings. The Bertz CT molecular complexity index is 624. The molecule has 21 heavy (non-hydrogen) atoms. The van der Waals surface area contributed by atoms with Crippen molar-refractivity contribution in [3.63, 3.8) is 0 Å². The van der Waals surface area contributed by atoms with E-state index in [0.717, 1.165) is 28.3 Å². The maximum Gasteiger partial charge on any atom is 0.183 e. The molecule has 0 radical (unpaired) electrons. The van der Waals surface area contributed by atoms with E-state index >= 15 is 0 Å². The first-order chi connectivity index (χ1) is 10.1. The summed E-state index contributed by atoms with van der Waals surface area (Å²) >= 11 is 3.56. The van der Waals surface area contributed by atoms with Gasteiger partial charge in [-0.3, -0.25) is 0 Å². The van der Waals surface area contributed by atoms with Gasteiger partial charge in [-0.1, -0.05) is 35.7 Å². The predicted molar refractivity (Wildman–Crippen MR) is 86.5 cm³/mol. The van der Waals surface area contributed by atoms with Crippen molar-refractivity contribution in [2.75, 3.05) is 5.73 Å². The maximum absolute atomic E-state index is 5.89. The summed E-state index contributed by atoms with van der Waals surface area (Å²) in [5.74, 6) is 2.26. The van der Waals surface area contributed by atoms with Gasteiger partial charge in [-0.05, 0) is 53.3 Å². The lowest BCUT2D eigenvalue weighted by molar-refractivity contribution is 0.249. The zero-order valence-electron chi connectivity index (χ0n) is 12.2. The van der Waals surface area contributed by atoms with Crippen molar-refractivity contribution in [3.05, 3.63) is 22.7 Å². The number of aromatic nitrogens is 4. The Morgan fingerprint density at radius 3 is 3.05 bits per heavy atom. The smallest absolute Gasteiger partial charge is 0.183 e. The second-order valence-electron chi connectivity index (χ2n) is 6.06. The van der Waals surface area contributed by atoms with E-state index < -0.39 is 0 Å². The van der Waals surface area contributed by atoms with E-state index in [9.17, 15) is 0 Å². The Balaban J connectivity index is 1.85. The van der Waals surface area contributed by atoms with Crippen LogP contribution in [0.15, 0.2) is 22.7 Å². The summed E-state index contributed by atoms with van der Waals surface area (Å²) in [4.78, 5) is 0. The third-order valence-electron chi connectivity index (χ3n) is 4.24. The van der Waals surface area contributed by atoms with Crippen LogP contribution in [-0.4, -0.2) is 20.2 Å². The van der Waals surface area contributed by atoms with E-state index in [4.69, 9.17) is 5.73 Å². The predicted octanol–water partition coefficient (Wildman–Crippen LogP) is 3.51. The van der Waals surface area contributed by atoms with Crippen LogP contribution >= 0.6 is 15.9 Å². The quantitative estimate of drug-likeness (QED) is 0.860. The highest BCUT2D eigenvalue weighted by Gasteiger charge is 2.22. The van der Waals surface area contributed by atoms with Crippen LogP contribution < -0.4 is 5.73 Å². The minimum atomic E-state index is 0.663. The lowest BCUT2D eigenvalue weighted by Gasteiger charge is -2.26. The van der Waals surface area contributed by atoms with Gasteiger partial charge in [-0.2, -0.15) is 0 Å². The third kappa shape index (κ3) is 3.26. The van der Waals surface area contributed by atoms with Gasteiger partial charge >= 0.3 is 0 Å². The van der Waals surface area contributed by atoms with Crippen molar-refractivity contribution in [2.45, 2.75) is 39.2 Å².